The van der Waals surface area contributed by atoms with Crippen LogP contribution in [0.15, 0.2) is 36.5 Å². The number of rotatable bonds is 8. The van der Waals surface area contributed by atoms with Gasteiger partial charge in [-0.3, -0.25) is 4.79 Å². The molecule has 0 fully saturated rings. The van der Waals surface area contributed by atoms with Crippen LogP contribution < -0.4 is 0 Å². The lowest BCUT2D eigenvalue weighted by atomic mass is 10.0. The van der Waals surface area contributed by atoms with E-state index in [-0.39, 0.29) is 11.1 Å². The predicted molar refractivity (Wildman–Crippen MR) is 86.8 cm³/mol. The van der Waals surface area contributed by atoms with Crippen LogP contribution in [0.4, 0.5) is 13.2 Å². The number of hydrogen-bond acceptors (Lipinski definition) is 2. The number of carbonyl (C=O) groups excluding carboxylic acids is 1. The van der Waals surface area contributed by atoms with Gasteiger partial charge in [-0.05, 0) is 31.2 Å². The topological polar surface area (TPSA) is 20.3 Å². The zero-order chi connectivity index (χ0) is 17.5. The summed E-state index contributed by atoms with van der Waals surface area (Å²) in [6.45, 7) is 7.27. The first-order chi connectivity index (χ1) is 10.8. The monoisotopic (exact) mass is 327 g/mol. The minimum absolute atomic E-state index is 0.289. The van der Waals surface area contributed by atoms with E-state index in [1.54, 1.807) is 23.1 Å². The van der Waals surface area contributed by atoms with Crippen molar-refractivity contribution in [2.75, 3.05) is 13.1 Å². The first-order valence-corrected chi connectivity index (χ1v) is 7.88. The van der Waals surface area contributed by atoms with Gasteiger partial charge in [0.1, 0.15) is 0 Å². The van der Waals surface area contributed by atoms with Crippen molar-refractivity contribution in [2.45, 2.75) is 39.8 Å². The minimum Gasteiger partial charge on any atom is -0.377 e. The van der Waals surface area contributed by atoms with E-state index in [0.29, 0.717) is 19.0 Å². The molecule has 128 valence electrons. The molecule has 0 saturated heterocycles. The first-order valence-electron chi connectivity index (χ1n) is 7.88. The van der Waals surface area contributed by atoms with Crippen LogP contribution >= 0.6 is 0 Å². The third kappa shape index (κ3) is 6.47. The standard InChI is InChI=1S/C18H24F3NO/c1-4-22(12-8-9-14(2)3)13-16(17(23)18(19,20)21)15-10-6-5-7-11-15/h5-7,10-11,13-14H,4,8-9,12H2,1-3H3/b16-13-. The Kier molecular flexibility index (Phi) is 7.33. The summed E-state index contributed by atoms with van der Waals surface area (Å²) in [5, 5.41) is 0. The largest absolute Gasteiger partial charge is 0.454 e. The Hall–Kier alpha value is -1.78. The fourth-order valence-corrected chi connectivity index (χ4v) is 2.23. The van der Waals surface area contributed by atoms with E-state index in [1.807, 2.05) is 6.92 Å². The van der Waals surface area contributed by atoms with Crippen molar-refractivity contribution in [2.24, 2.45) is 5.92 Å². The fraction of sp³-hybridized carbons (Fsp3) is 0.500. The van der Waals surface area contributed by atoms with Crippen molar-refractivity contribution >= 4 is 11.4 Å². The molecule has 0 aliphatic rings. The smallest absolute Gasteiger partial charge is 0.377 e. The van der Waals surface area contributed by atoms with Crippen molar-refractivity contribution in [3.63, 3.8) is 0 Å². The molecule has 0 unspecified atom stereocenters. The van der Waals surface area contributed by atoms with Crippen LogP contribution in [0.2, 0.25) is 0 Å². The second-order valence-electron chi connectivity index (χ2n) is 5.90. The Morgan fingerprint density at radius 2 is 1.83 bits per heavy atom. The SMILES string of the molecule is CCN(/C=C(\C(=O)C(F)(F)F)c1ccccc1)CCCC(C)C. The molecule has 0 radical (unpaired) electrons. The maximum atomic E-state index is 12.9. The van der Waals surface area contributed by atoms with Gasteiger partial charge in [0.05, 0.1) is 5.57 Å². The van der Waals surface area contributed by atoms with E-state index in [1.165, 1.54) is 18.3 Å². The molecule has 0 spiro atoms. The molecule has 0 aliphatic heterocycles. The number of ketones is 1. The second kappa shape index (κ2) is 8.75. The lowest BCUT2D eigenvalue weighted by Crippen LogP contribution is -2.27. The van der Waals surface area contributed by atoms with Crippen LogP contribution in [0, 0.1) is 5.92 Å². The number of halogens is 3. The van der Waals surface area contributed by atoms with Crippen LogP contribution in [0.25, 0.3) is 5.57 Å². The van der Waals surface area contributed by atoms with E-state index < -0.39 is 12.0 Å². The summed E-state index contributed by atoms with van der Waals surface area (Å²) in [7, 11) is 0. The zero-order valence-electron chi connectivity index (χ0n) is 13.9. The van der Waals surface area contributed by atoms with E-state index >= 15 is 0 Å². The molecular formula is C18H24F3NO. The van der Waals surface area contributed by atoms with Crippen molar-refractivity contribution in [3.05, 3.63) is 42.1 Å². The van der Waals surface area contributed by atoms with E-state index in [2.05, 4.69) is 13.8 Å². The van der Waals surface area contributed by atoms with Gasteiger partial charge in [0, 0.05) is 19.3 Å². The van der Waals surface area contributed by atoms with Crippen LogP contribution in [0.3, 0.4) is 0 Å². The number of carbonyl (C=O) groups is 1. The van der Waals surface area contributed by atoms with E-state index in [0.717, 1.165) is 12.8 Å². The van der Waals surface area contributed by atoms with Crippen LogP contribution in [-0.4, -0.2) is 29.9 Å². The van der Waals surface area contributed by atoms with Crippen molar-refractivity contribution in [1.82, 2.24) is 4.90 Å². The molecule has 5 heteroatoms. The highest BCUT2D eigenvalue weighted by atomic mass is 19.4. The Morgan fingerprint density at radius 3 is 2.30 bits per heavy atom. The van der Waals surface area contributed by atoms with Gasteiger partial charge in [0.15, 0.2) is 0 Å². The summed E-state index contributed by atoms with van der Waals surface area (Å²) >= 11 is 0. The third-order valence-corrected chi connectivity index (χ3v) is 3.53. The van der Waals surface area contributed by atoms with Gasteiger partial charge in [-0.1, -0.05) is 44.2 Å². The summed E-state index contributed by atoms with van der Waals surface area (Å²) in [5.41, 5.74) is -0.0124. The number of hydrogen-bond donors (Lipinski definition) is 0. The molecule has 0 atom stereocenters. The summed E-state index contributed by atoms with van der Waals surface area (Å²) < 4.78 is 38.7. The Morgan fingerprint density at radius 1 is 1.22 bits per heavy atom. The Bertz CT molecular complexity index is 521. The molecule has 2 nitrogen and oxygen atoms in total. The van der Waals surface area contributed by atoms with E-state index in [4.69, 9.17) is 0 Å². The normalized spacial score (nSPS) is 12.6. The molecule has 0 aromatic heterocycles. The summed E-state index contributed by atoms with van der Waals surface area (Å²) in [4.78, 5) is 13.6. The van der Waals surface area contributed by atoms with Crippen LogP contribution in [0.5, 0.6) is 0 Å². The average molecular weight is 327 g/mol. The van der Waals surface area contributed by atoms with Crippen LogP contribution in [0.1, 0.15) is 39.2 Å². The molecular weight excluding hydrogens is 303 g/mol. The number of alkyl halides is 3. The lowest BCUT2D eigenvalue weighted by Gasteiger charge is -2.21. The summed E-state index contributed by atoms with van der Waals surface area (Å²) in [6.07, 6.45) is -1.65. The summed E-state index contributed by atoms with van der Waals surface area (Å²) in [6, 6.07) is 8.01. The number of allylic oxidation sites excluding steroid dienone is 1. The highest BCUT2D eigenvalue weighted by Gasteiger charge is 2.41. The highest BCUT2D eigenvalue weighted by Crippen LogP contribution is 2.27. The van der Waals surface area contributed by atoms with Crippen LogP contribution in [-0.2, 0) is 4.79 Å². The molecule has 1 aromatic carbocycles. The quantitative estimate of drug-likeness (QED) is 0.632. The van der Waals surface area contributed by atoms with Gasteiger partial charge < -0.3 is 4.90 Å². The highest BCUT2D eigenvalue weighted by molar-refractivity contribution is 6.23. The minimum atomic E-state index is -4.88. The molecule has 0 N–H and O–H groups in total. The average Bonchev–Trinajstić information content (AvgIpc) is 2.49. The molecule has 0 amide bonds. The number of nitrogens with zero attached hydrogens (tertiary/aromatic N) is 1. The van der Waals surface area contributed by atoms with Crippen molar-refractivity contribution < 1.29 is 18.0 Å². The van der Waals surface area contributed by atoms with Crippen molar-refractivity contribution in [3.8, 4) is 0 Å². The zero-order valence-corrected chi connectivity index (χ0v) is 13.9. The third-order valence-electron chi connectivity index (χ3n) is 3.53. The maximum Gasteiger partial charge on any atom is 0.454 e. The number of benzene rings is 1. The molecule has 0 heterocycles. The van der Waals surface area contributed by atoms with Gasteiger partial charge in [0.2, 0.25) is 0 Å². The van der Waals surface area contributed by atoms with E-state index in [9.17, 15) is 18.0 Å². The van der Waals surface area contributed by atoms with Gasteiger partial charge in [-0.2, -0.15) is 13.2 Å². The fourth-order valence-electron chi connectivity index (χ4n) is 2.23. The molecule has 0 bridgehead atoms. The lowest BCUT2D eigenvalue weighted by molar-refractivity contribution is -0.164. The maximum absolute atomic E-state index is 12.9. The molecule has 23 heavy (non-hydrogen) atoms. The number of Topliss-reactive ketones (excluding diaryl/α,β-unsaturated/α-hetero) is 1. The van der Waals surface area contributed by atoms with Gasteiger partial charge in [-0.25, -0.2) is 0 Å². The van der Waals surface area contributed by atoms with Gasteiger partial charge >= 0.3 is 6.18 Å². The predicted octanol–water partition coefficient (Wildman–Crippen LogP) is 4.92. The Labute approximate surface area is 136 Å². The molecule has 1 aromatic rings. The summed E-state index contributed by atoms with van der Waals surface area (Å²) in [5.74, 6) is -1.26. The van der Waals surface area contributed by atoms with Gasteiger partial charge in [0.25, 0.3) is 5.78 Å². The second-order valence-corrected chi connectivity index (χ2v) is 5.90. The molecule has 1 rings (SSSR count). The molecule has 0 aliphatic carbocycles. The first kappa shape index (κ1) is 19.3. The van der Waals surface area contributed by atoms with Crippen molar-refractivity contribution in [1.29, 1.82) is 0 Å². The molecule has 0 saturated carbocycles. The van der Waals surface area contributed by atoms with Gasteiger partial charge in [-0.15, -0.1) is 0 Å². The Balaban J connectivity index is 3.04.